The number of benzene rings is 1. The van der Waals surface area contributed by atoms with Gasteiger partial charge in [0.1, 0.15) is 6.61 Å². The standard InChI is InChI=1S/C17H24O3/c1-13(18)11-14-7-9-16(10-8-14)17(19)20-12-15-5-3-2-4-6-15/h2-6,13-14,16,18H,7-12H2,1H3. The second kappa shape index (κ2) is 7.44. The van der Waals surface area contributed by atoms with Gasteiger partial charge in [-0.1, -0.05) is 30.3 Å². The first-order valence-corrected chi connectivity index (χ1v) is 7.53. The van der Waals surface area contributed by atoms with Crippen LogP contribution in [0.1, 0.15) is 44.6 Å². The van der Waals surface area contributed by atoms with Gasteiger partial charge in [0.05, 0.1) is 12.0 Å². The summed E-state index contributed by atoms with van der Waals surface area (Å²) in [4.78, 5) is 12.0. The minimum atomic E-state index is -0.235. The lowest BCUT2D eigenvalue weighted by atomic mass is 9.80. The molecule has 1 atom stereocenters. The van der Waals surface area contributed by atoms with Crippen LogP contribution in [0.15, 0.2) is 30.3 Å². The monoisotopic (exact) mass is 276 g/mol. The van der Waals surface area contributed by atoms with E-state index in [-0.39, 0.29) is 18.0 Å². The Morgan fingerprint density at radius 2 is 1.90 bits per heavy atom. The minimum Gasteiger partial charge on any atom is -0.461 e. The molecule has 0 aromatic heterocycles. The quantitative estimate of drug-likeness (QED) is 0.839. The predicted molar refractivity (Wildman–Crippen MR) is 78.0 cm³/mol. The number of rotatable bonds is 5. The first-order valence-electron chi connectivity index (χ1n) is 7.53. The van der Waals surface area contributed by atoms with Gasteiger partial charge in [-0.3, -0.25) is 4.79 Å². The van der Waals surface area contributed by atoms with Crippen molar-refractivity contribution in [2.24, 2.45) is 11.8 Å². The van der Waals surface area contributed by atoms with Gasteiger partial charge in [-0.2, -0.15) is 0 Å². The third-order valence-electron chi connectivity index (χ3n) is 4.08. The maximum atomic E-state index is 12.0. The molecule has 1 saturated carbocycles. The predicted octanol–water partition coefficient (Wildman–Crippen LogP) is 3.31. The fraction of sp³-hybridized carbons (Fsp3) is 0.588. The van der Waals surface area contributed by atoms with Gasteiger partial charge in [0.15, 0.2) is 0 Å². The number of esters is 1. The first kappa shape index (κ1) is 15.0. The minimum absolute atomic E-state index is 0.0453. The second-order valence-corrected chi connectivity index (χ2v) is 5.90. The molecule has 20 heavy (non-hydrogen) atoms. The molecule has 0 aliphatic heterocycles. The molecule has 1 aliphatic rings. The van der Waals surface area contributed by atoms with Gasteiger partial charge in [-0.25, -0.2) is 0 Å². The molecule has 0 spiro atoms. The van der Waals surface area contributed by atoms with Crippen LogP contribution in [0.3, 0.4) is 0 Å². The molecule has 0 amide bonds. The number of aliphatic hydroxyl groups is 1. The van der Waals surface area contributed by atoms with Crippen molar-refractivity contribution in [3.05, 3.63) is 35.9 Å². The molecule has 3 heteroatoms. The Balaban J connectivity index is 1.72. The summed E-state index contributed by atoms with van der Waals surface area (Å²) in [6, 6.07) is 9.78. The lowest BCUT2D eigenvalue weighted by Crippen LogP contribution is -2.25. The number of ether oxygens (including phenoxy) is 1. The third kappa shape index (κ3) is 4.64. The molecule has 0 bridgehead atoms. The molecule has 1 N–H and O–H groups in total. The van der Waals surface area contributed by atoms with Crippen LogP contribution in [-0.2, 0) is 16.1 Å². The average Bonchev–Trinajstić information content (AvgIpc) is 2.46. The molecule has 0 heterocycles. The smallest absolute Gasteiger partial charge is 0.309 e. The normalized spacial score (nSPS) is 24.1. The van der Waals surface area contributed by atoms with Crippen molar-refractivity contribution in [1.29, 1.82) is 0 Å². The molecule has 110 valence electrons. The molecular weight excluding hydrogens is 252 g/mol. The van der Waals surface area contributed by atoms with E-state index in [0.717, 1.165) is 37.7 Å². The Morgan fingerprint density at radius 1 is 1.25 bits per heavy atom. The zero-order valence-electron chi connectivity index (χ0n) is 12.1. The molecule has 1 aromatic carbocycles. The summed E-state index contributed by atoms with van der Waals surface area (Å²) in [5.74, 6) is 0.543. The van der Waals surface area contributed by atoms with Gasteiger partial charge in [-0.15, -0.1) is 0 Å². The third-order valence-corrected chi connectivity index (χ3v) is 4.08. The molecule has 3 nitrogen and oxygen atoms in total. The van der Waals surface area contributed by atoms with Crippen molar-refractivity contribution in [2.45, 2.75) is 51.7 Å². The Morgan fingerprint density at radius 3 is 2.50 bits per heavy atom. The zero-order chi connectivity index (χ0) is 14.4. The molecule has 1 aliphatic carbocycles. The van der Waals surface area contributed by atoms with Gasteiger partial charge in [0.25, 0.3) is 0 Å². The maximum absolute atomic E-state index is 12.0. The van der Waals surface area contributed by atoms with E-state index in [2.05, 4.69) is 0 Å². The van der Waals surface area contributed by atoms with Crippen LogP contribution in [0.4, 0.5) is 0 Å². The van der Waals surface area contributed by atoms with Crippen LogP contribution in [0, 0.1) is 11.8 Å². The van der Waals surface area contributed by atoms with E-state index in [1.54, 1.807) is 0 Å². The summed E-state index contributed by atoms with van der Waals surface area (Å²) < 4.78 is 5.40. The van der Waals surface area contributed by atoms with Crippen molar-refractivity contribution >= 4 is 5.97 Å². The molecule has 1 aromatic rings. The summed E-state index contributed by atoms with van der Waals surface area (Å²) in [6.45, 7) is 2.20. The Hall–Kier alpha value is -1.35. The van der Waals surface area contributed by atoms with Crippen LogP contribution in [0.5, 0.6) is 0 Å². The van der Waals surface area contributed by atoms with E-state index in [0.29, 0.717) is 12.5 Å². The summed E-state index contributed by atoms with van der Waals surface area (Å²) in [5, 5.41) is 9.40. The molecule has 0 radical (unpaired) electrons. The number of hydrogen-bond acceptors (Lipinski definition) is 3. The van der Waals surface area contributed by atoms with Crippen LogP contribution in [-0.4, -0.2) is 17.2 Å². The van der Waals surface area contributed by atoms with E-state index in [4.69, 9.17) is 4.74 Å². The summed E-state index contributed by atoms with van der Waals surface area (Å²) >= 11 is 0. The Kier molecular flexibility index (Phi) is 5.60. The highest BCUT2D eigenvalue weighted by Gasteiger charge is 2.27. The maximum Gasteiger partial charge on any atom is 0.309 e. The van der Waals surface area contributed by atoms with Crippen molar-refractivity contribution in [3.8, 4) is 0 Å². The SMILES string of the molecule is CC(O)CC1CCC(C(=O)OCc2ccccc2)CC1. The number of carbonyl (C=O) groups is 1. The van der Waals surface area contributed by atoms with Crippen LogP contribution in [0.25, 0.3) is 0 Å². The van der Waals surface area contributed by atoms with E-state index < -0.39 is 0 Å². The summed E-state index contributed by atoms with van der Waals surface area (Å²) in [6.07, 6.45) is 4.45. The van der Waals surface area contributed by atoms with Crippen molar-refractivity contribution in [3.63, 3.8) is 0 Å². The molecular formula is C17H24O3. The topological polar surface area (TPSA) is 46.5 Å². The highest BCUT2D eigenvalue weighted by Crippen LogP contribution is 2.32. The Bertz CT molecular complexity index is 406. The zero-order valence-corrected chi connectivity index (χ0v) is 12.1. The van der Waals surface area contributed by atoms with E-state index in [9.17, 15) is 9.90 Å². The highest BCUT2D eigenvalue weighted by atomic mass is 16.5. The lowest BCUT2D eigenvalue weighted by Gasteiger charge is -2.27. The van der Waals surface area contributed by atoms with Crippen LogP contribution < -0.4 is 0 Å². The van der Waals surface area contributed by atoms with Crippen LogP contribution in [0.2, 0.25) is 0 Å². The van der Waals surface area contributed by atoms with E-state index >= 15 is 0 Å². The largest absolute Gasteiger partial charge is 0.461 e. The average molecular weight is 276 g/mol. The van der Waals surface area contributed by atoms with Crippen LogP contribution >= 0.6 is 0 Å². The lowest BCUT2D eigenvalue weighted by molar-refractivity contribution is -0.151. The molecule has 0 saturated heterocycles. The second-order valence-electron chi connectivity index (χ2n) is 5.90. The summed E-state index contributed by atoms with van der Waals surface area (Å²) in [7, 11) is 0. The van der Waals surface area contributed by atoms with Gasteiger partial charge >= 0.3 is 5.97 Å². The van der Waals surface area contributed by atoms with Crippen molar-refractivity contribution < 1.29 is 14.6 Å². The Labute approximate surface area is 121 Å². The van der Waals surface area contributed by atoms with Gasteiger partial charge < -0.3 is 9.84 Å². The van der Waals surface area contributed by atoms with E-state index in [1.807, 2.05) is 37.3 Å². The molecule has 2 rings (SSSR count). The number of hydrogen-bond donors (Lipinski definition) is 1. The highest BCUT2D eigenvalue weighted by molar-refractivity contribution is 5.72. The number of carbonyl (C=O) groups excluding carboxylic acids is 1. The van der Waals surface area contributed by atoms with Gasteiger partial charge in [-0.05, 0) is 50.5 Å². The fourth-order valence-electron chi connectivity index (χ4n) is 2.96. The van der Waals surface area contributed by atoms with Crippen molar-refractivity contribution in [2.75, 3.05) is 0 Å². The summed E-state index contributed by atoms with van der Waals surface area (Å²) in [5.41, 5.74) is 1.03. The van der Waals surface area contributed by atoms with E-state index in [1.165, 1.54) is 0 Å². The van der Waals surface area contributed by atoms with Gasteiger partial charge in [0, 0.05) is 0 Å². The molecule has 1 unspecified atom stereocenters. The fourth-order valence-corrected chi connectivity index (χ4v) is 2.96. The van der Waals surface area contributed by atoms with Crippen molar-refractivity contribution in [1.82, 2.24) is 0 Å². The molecule has 1 fully saturated rings. The first-order chi connectivity index (χ1) is 9.65. The number of aliphatic hydroxyl groups excluding tert-OH is 1. The van der Waals surface area contributed by atoms with Gasteiger partial charge in [0.2, 0.25) is 0 Å².